The summed E-state index contributed by atoms with van der Waals surface area (Å²) in [4.78, 5) is 3.80. The Morgan fingerprint density at radius 1 is 1.60 bits per heavy atom. The molecule has 1 aromatic heterocycles. The number of aromatic nitrogens is 3. The first-order chi connectivity index (χ1) is 7.05. The molecular weight excluding hydrogens is 216 g/mol. The van der Waals surface area contributed by atoms with Crippen molar-refractivity contribution >= 4 is 15.8 Å². The van der Waals surface area contributed by atoms with Gasteiger partial charge in [0.2, 0.25) is 5.95 Å². The summed E-state index contributed by atoms with van der Waals surface area (Å²) in [6.45, 7) is 0.685. The molecule has 0 radical (unpaired) electrons. The van der Waals surface area contributed by atoms with Crippen molar-refractivity contribution in [2.45, 2.75) is 19.4 Å². The van der Waals surface area contributed by atoms with Crippen LogP contribution < -0.4 is 5.73 Å². The molecule has 0 aliphatic carbocycles. The fourth-order valence-electron chi connectivity index (χ4n) is 1.83. The molecule has 0 bridgehead atoms. The van der Waals surface area contributed by atoms with E-state index in [1.165, 1.54) is 0 Å². The lowest BCUT2D eigenvalue weighted by atomic mass is 10.1. The Hall–Kier alpha value is -1.11. The number of sulfone groups is 1. The second kappa shape index (κ2) is 3.80. The molecule has 1 aliphatic rings. The Morgan fingerprint density at radius 2 is 2.40 bits per heavy atom. The van der Waals surface area contributed by atoms with Gasteiger partial charge in [-0.3, -0.25) is 4.68 Å². The van der Waals surface area contributed by atoms with Crippen molar-refractivity contribution in [1.82, 2.24) is 14.8 Å². The summed E-state index contributed by atoms with van der Waals surface area (Å²) in [5, 5.41) is 3.94. The van der Waals surface area contributed by atoms with Gasteiger partial charge in [-0.25, -0.2) is 13.4 Å². The molecule has 15 heavy (non-hydrogen) atoms. The fraction of sp³-hybridized carbons (Fsp3) is 0.750. The molecule has 1 aliphatic heterocycles. The molecule has 1 atom stereocenters. The molecule has 2 rings (SSSR count). The third-order valence-corrected chi connectivity index (χ3v) is 4.48. The van der Waals surface area contributed by atoms with Crippen molar-refractivity contribution in [1.29, 1.82) is 0 Å². The maximum atomic E-state index is 11.2. The number of anilines is 1. The first kappa shape index (κ1) is 10.4. The van der Waals surface area contributed by atoms with Crippen LogP contribution in [0.3, 0.4) is 0 Å². The lowest BCUT2D eigenvalue weighted by Gasteiger charge is -2.06. The van der Waals surface area contributed by atoms with Crippen molar-refractivity contribution < 1.29 is 8.42 Å². The van der Waals surface area contributed by atoms with Crippen LogP contribution in [0.5, 0.6) is 0 Å². The lowest BCUT2D eigenvalue weighted by Crippen LogP contribution is -2.09. The van der Waals surface area contributed by atoms with Gasteiger partial charge < -0.3 is 5.73 Å². The number of hydrogen-bond acceptors (Lipinski definition) is 5. The molecule has 2 heterocycles. The van der Waals surface area contributed by atoms with Gasteiger partial charge in [0.15, 0.2) is 9.84 Å². The van der Waals surface area contributed by atoms with Crippen LogP contribution >= 0.6 is 0 Å². The third-order valence-electron chi connectivity index (χ3n) is 2.65. The number of rotatable bonds is 3. The number of nitrogens with two attached hydrogens (primary N) is 1. The summed E-state index contributed by atoms with van der Waals surface area (Å²) < 4.78 is 24.1. The SMILES string of the molecule is Nc1ncn(CCC2CCS(=O)(=O)C2)n1. The minimum absolute atomic E-state index is 0.258. The zero-order chi connectivity index (χ0) is 10.9. The molecule has 1 fully saturated rings. The van der Waals surface area contributed by atoms with Crippen LogP contribution in [0.2, 0.25) is 0 Å². The highest BCUT2D eigenvalue weighted by Crippen LogP contribution is 2.21. The highest BCUT2D eigenvalue weighted by atomic mass is 32.2. The zero-order valence-electron chi connectivity index (χ0n) is 8.33. The van der Waals surface area contributed by atoms with Gasteiger partial charge >= 0.3 is 0 Å². The molecule has 7 heteroatoms. The van der Waals surface area contributed by atoms with E-state index in [1.54, 1.807) is 11.0 Å². The van der Waals surface area contributed by atoms with Gasteiger partial charge in [0.1, 0.15) is 6.33 Å². The monoisotopic (exact) mass is 230 g/mol. The van der Waals surface area contributed by atoms with Gasteiger partial charge in [0, 0.05) is 6.54 Å². The average molecular weight is 230 g/mol. The molecule has 0 amide bonds. The number of aryl methyl sites for hydroxylation is 1. The van der Waals surface area contributed by atoms with Crippen LogP contribution in [0, 0.1) is 5.92 Å². The van der Waals surface area contributed by atoms with Crippen LogP contribution in [0.1, 0.15) is 12.8 Å². The topological polar surface area (TPSA) is 90.9 Å². The zero-order valence-corrected chi connectivity index (χ0v) is 9.15. The Balaban J connectivity index is 1.85. The van der Waals surface area contributed by atoms with Crippen LogP contribution in [0.15, 0.2) is 6.33 Å². The lowest BCUT2D eigenvalue weighted by molar-refractivity contribution is 0.465. The number of nitrogens with zero attached hydrogens (tertiary/aromatic N) is 3. The van der Waals surface area contributed by atoms with Crippen LogP contribution in [0.25, 0.3) is 0 Å². The number of hydrogen-bond donors (Lipinski definition) is 1. The normalized spacial score (nSPS) is 24.4. The van der Waals surface area contributed by atoms with Gasteiger partial charge in [-0.1, -0.05) is 0 Å². The van der Waals surface area contributed by atoms with E-state index in [2.05, 4.69) is 10.1 Å². The summed E-state index contributed by atoms with van der Waals surface area (Å²) in [5.74, 6) is 1.17. The maximum Gasteiger partial charge on any atom is 0.239 e. The first-order valence-electron chi connectivity index (χ1n) is 4.90. The van der Waals surface area contributed by atoms with Gasteiger partial charge in [0.25, 0.3) is 0 Å². The number of nitrogen functional groups attached to an aromatic ring is 1. The summed E-state index contributed by atoms with van der Waals surface area (Å²) in [7, 11) is -2.76. The largest absolute Gasteiger partial charge is 0.367 e. The highest BCUT2D eigenvalue weighted by molar-refractivity contribution is 7.91. The van der Waals surface area contributed by atoms with Gasteiger partial charge in [0.05, 0.1) is 11.5 Å². The van der Waals surface area contributed by atoms with Crippen LogP contribution in [0.4, 0.5) is 5.95 Å². The van der Waals surface area contributed by atoms with E-state index in [4.69, 9.17) is 5.73 Å². The minimum Gasteiger partial charge on any atom is -0.367 e. The predicted molar refractivity (Wildman–Crippen MR) is 55.8 cm³/mol. The van der Waals surface area contributed by atoms with E-state index in [0.717, 1.165) is 12.8 Å². The van der Waals surface area contributed by atoms with Gasteiger partial charge in [-0.05, 0) is 18.8 Å². The fourth-order valence-corrected chi connectivity index (χ4v) is 3.74. The predicted octanol–water partition coefficient (Wildman–Crippen LogP) is -0.315. The van der Waals surface area contributed by atoms with Gasteiger partial charge in [-0.2, -0.15) is 0 Å². The molecule has 2 N–H and O–H groups in total. The molecule has 1 aromatic rings. The Bertz CT molecular complexity index is 439. The van der Waals surface area contributed by atoms with Gasteiger partial charge in [-0.15, -0.1) is 5.10 Å². The molecule has 0 spiro atoms. The van der Waals surface area contributed by atoms with Crippen molar-refractivity contribution in [3.63, 3.8) is 0 Å². The van der Waals surface area contributed by atoms with E-state index < -0.39 is 9.84 Å². The molecular formula is C8H14N4O2S. The molecule has 1 saturated heterocycles. The Labute approximate surface area is 88.4 Å². The summed E-state index contributed by atoms with van der Waals surface area (Å²) in [5.41, 5.74) is 5.37. The third kappa shape index (κ3) is 2.68. The first-order valence-corrected chi connectivity index (χ1v) is 6.73. The standard InChI is InChI=1S/C8H14N4O2S/c9-8-10-6-12(11-8)3-1-7-2-4-15(13,14)5-7/h6-7H,1-5H2,(H2,9,11). The quantitative estimate of drug-likeness (QED) is 0.768. The maximum absolute atomic E-state index is 11.2. The van der Waals surface area contributed by atoms with E-state index in [-0.39, 0.29) is 11.9 Å². The minimum atomic E-state index is -2.76. The van der Waals surface area contributed by atoms with E-state index in [9.17, 15) is 8.42 Å². The summed E-state index contributed by atoms with van der Waals surface area (Å²) >= 11 is 0. The molecule has 6 nitrogen and oxygen atoms in total. The van der Waals surface area contributed by atoms with Crippen LogP contribution in [-0.2, 0) is 16.4 Å². The molecule has 0 saturated carbocycles. The smallest absolute Gasteiger partial charge is 0.239 e. The Morgan fingerprint density at radius 3 is 2.93 bits per heavy atom. The van der Waals surface area contributed by atoms with E-state index >= 15 is 0 Å². The summed E-state index contributed by atoms with van der Waals surface area (Å²) in [6.07, 6.45) is 3.16. The van der Waals surface area contributed by atoms with E-state index in [1.807, 2.05) is 0 Å². The average Bonchev–Trinajstić information content (AvgIpc) is 2.69. The van der Waals surface area contributed by atoms with Crippen molar-refractivity contribution in [2.24, 2.45) is 5.92 Å². The van der Waals surface area contributed by atoms with Crippen molar-refractivity contribution in [3.05, 3.63) is 6.33 Å². The molecule has 1 unspecified atom stereocenters. The summed E-state index contributed by atoms with van der Waals surface area (Å²) in [6, 6.07) is 0. The van der Waals surface area contributed by atoms with Crippen molar-refractivity contribution in [3.8, 4) is 0 Å². The van der Waals surface area contributed by atoms with Crippen molar-refractivity contribution in [2.75, 3.05) is 17.2 Å². The second-order valence-electron chi connectivity index (χ2n) is 3.92. The highest BCUT2D eigenvalue weighted by Gasteiger charge is 2.27. The molecule has 0 aromatic carbocycles. The molecule has 84 valence electrons. The Kier molecular flexibility index (Phi) is 2.64. The van der Waals surface area contributed by atoms with Crippen LogP contribution in [-0.4, -0.2) is 34.7 Å². The van der Waals surface area contributed by atoms with E-state index in [0.29, 0.717) is 18.1 Å². The second-order valence-corrected chi connectivity index (χ2v) is 6.15.